The number of fused-ring (bicyclic) bond motifs is 1. The van der Waals surface area contributed by atoms with Gasteiger partial charge in [-0.15, -0.1) is 11.3 Å². The van der Waals surface area contributed by atoms with E-state index in [1.54, 1.807) is 11.3 Å². The summed E-state index contributed by atoms with van der Waals surface area (Å²) >= 11 is 1.63. The highest BCUT2D eigenvalue weighted by atomic mass is 32.1. The van der Waals surface area contributed by atoms with Crippen molar-refractivity contribution in [2.45, 2.75) is 45.6 Å². The van der Waals surface area contributed by atoms with Gasteiger partial charge in [0, 0.05) is 23.0 Å². The second-order valence-corrected chi connectivity index (χ2v) is 8.69. The second-order valence-electron chi connectivity index (χ2n) is 7.55. The van der Waals surface area contributed by atoms with Crippen molar-refractivity contribution in [2.75, 3.05) is 5.32 Å². The molecule has 0 spiro atoms. The summed E-state index contributed by atoms with van der Waals surface area (Å²) in [7, 11) is 0. The molecule has 0 aliphatic heterocycles. The molecule has 4 nitrogen and oxygen atoms in total. The van der Waals surface area contributed by atoms with Crippen molar-refractivity contribution in [2.24, 2.45) is 11.8 Å². The molecule has 1 unspecified atom stereocenters. The average Bonchev–Trinajstić information content (AvgIpc) is 3.40. The Labute approximate surface area is 158 Å². The maximum absolute atomic E-state index is 12.5. The maximum Gasteiger partial charge on any atom is 0.261 e. The fourth-order valence-electron chi connectivity index (χ4n) is 3.44. The zero-order valence-electron chi connectivity index (χ0n) is 15.0. The molecule has 1 atom stereocenters. The summed E-state index contributed by atoms with van der Waals surface area (Å²) in [5.41, 5.74) is 3.14. The Morgan fingerprint density at radius 1 is 1.19 bits per heavy atom. The minimum atomic E-state index is -0.00975. The molecule has 4 rings (SSSR count). The molecule has 136 valence electrons. The number of rotatable bonds is 5. The van der Waals surface area contributed by atoms with Crippen LogP contribution in [0.1, 0.15) is 51.9 Å². The number of benzene rings is 1. The van der Waals surface area contributed by atoms with Gasteiger partial charge in [-0.3, -0.25) is 9.59 Å². The Hall–Kier alpha value is -2.14. The molecule has 1 saturated carbocycles. The van der Waals surface area contributed by atoms with E-state index in [4.69, 9.17) is 0 Å². The van der Waals surface area contributed by atoms with E-state index < -0.39 is 0 Å². The van der Waals surface area contributed by atoms with E-state index >= 15 is 0 Å². The fourth-order valence-corrected chi connectivity index (χ4v) is 4.56. The Kier molecular flexibility index (Phi) is 4.81. The van der Waals surface area contributed by atoms with Crippen LogP contribution in [0.4, 0.5) is 5.69 Å². The van der Waals surface area contributed by atoms with Gasteiger partial charge in [-0.05, 0) is 67.3 Å². The molecular weight excluding hydrogens is 344 g/mol. The van der Waals surface area contributed by atoms with Crippen LogP contribution in [0.5, 0.6) is 0 Å². The van der Waals surface area contributed by atoms with Gasteiger partial charge in [0.25, 0.3) is 5.91 Å². The van der Waals surface area contributed by atoms with Crippen LogP contribution in [-0.4, -0.2) is 11.8 Å². The molecule has 2 aromatic rings. The third-order valence-electron chi connectivity index (χ3n) is 5.15. The predicted octanol–water partition coefficient (Wildman–Crippen LogP) is 4.15. The Balaban J connectivity index is 1.36. The summed E-state index contributed by atoms with van der Waals surface area (Å²) in [6, 6.07) is 9.77. The summed E-state index contributed by atoms with van der Waals surface area (Å²) in [6.07, 6.45) is 5.38. The third-order valence-corrected chi connectivity index (χ3v) is 6.38. The van der Waals surface area contributed by atoms with E-state index in [2.05, 4.69) is 23.6 Å². The van der Waals surface area contributed by atoms with E-state index in [0.717, 1.165) is 41.8 Å². The van der Waals surface area contributed by atoms with Gasteiger partial charge in [-0.2, -0.15) is 0 Å². The fraction of sp³-hybridized carbons (Fsp3) is 0.429. The van der Waals surface area contributed by atoms with Gasteiger partial charge in [-0.25, -0.2) is 0 Å². The number of thiophene rings is 1. The summed E-state index contributed by atoms with van der Waals surface area (Å²) < 4.78 is 0. The monoisotopic (exact) mass is 368 g/mol. The molecule has 1 aromatic heterocycles. The molecule has 2 N–H and O–H groups in total. The highest BCUT2D eigenvalue weighted by Gasteiger charge is 2.29. The Morgan fingerprint density at radius 2 is 2.04 bits per heavy atom. The predicted molar refractivity (Wildman–Crippen MR) is 104 cm³/mol. The van der Waals surface area contributed by atoms with E-state index in [1.807, 2.05) is 24.3 Å². The summed E-state index contributed by atoms with van der Waals surface area (Å²) in [6.45, 7) is 2.74. The maximum atomic E-state index is 12.5. The average molecular weight is 369 g/mol. The van der Waals surface area contributed by atoms with Crippen molar-refractivity contribution in [3.8, 4) is 0 Å². The van der Waals surface area contributed by atoms with Crippen molar-refractivity contribution < 1.29 is 9.59 Å². The zero-order chi connectivity index (χ0) is 18.1. The molecule has 1 heterocycles. The van der Waals surface area contributed by atoms with Crippen molar-refractivity contribution in [1.29, 1.82) is 0 Å². The lowest BCUT2D eigenvalue weighted by Crippen LogP contribution is -2.22. The highest BCUT2D eigenvalue weighted by molar-refractivity contribution is 7.14. The molecule has 2 aliphatic rings. The molecule has 26 heavy (non-hydrogen) atoms. The van der Waals surface area contributed by atoms with Gasteiger partial charge in [-0.1, -0.05) is 19.1 Å². The first-order valence-electron chi connectivity index (χ1n) is 9.38. The highest BCUT2D eigenvalue weighted by Crippen LogP contribution is 2.32. The lowest BCUT2D eigenvalue weighted by atomic mass is 9.90. The summed E-state index contributed by atoms with van der Waals surface area (Å²) in [4.78, 5) is 26.6. The van der Waals surface area contributed by atoms with E-state index in [1.165, 1.54) is 16.9 Å². The van der Waals surface area contributed by atoms with Gasteiger partial charge in [0.15, 0.2) is 0 Å². The van der Waals surface area contributed by atoms with Crippen LogP contribution in [0.25, 0.3) is 0 Å². The van der Waals surface area contributed by atoms with Crippen molar-refractivity contribution in [1.82, 2.24) is 5.32 Å². The zero-order valence-corrected chi connectivity index (χ0v) is 15.8. The minimum absolute atomic E-state index is 0.00975. The number of hydrogen-bond donors (Lipinski definition) is 2. The molecule has 5 heteroatoms. The molecule has 1 fully saturated rings. The summed E-state index contributed by atoms with van der Waals surface area (Å²) in [5.74, 6) is 0.988. The molecule has 2 aliphatic carbocycles. The van der Waals surface area contributed by atoms with Crippen molar-refractivity contribution in [3.63, 3.8) is 0 Å². The van der Waals surface area contributed by atoms with Gasteiger partial charge < -0.3 is 10.6 Å². The van der Waals surface area contributed by atoms with E-state index in [9.17, 15) is 9.59 Å². The Morgan fingerprint density at radius 3 is 2.85 bits per heavy atom. The SMILES string of the molecule is CC1CCc2sc(C(=O)NCc3cccc(NC(=O)C4CC4)c3)cc2C1. The number of anilines is 1. The van der Waals surface area contributed by atoms with Crippen LogP contribution in [0.3, 0.4) is 0 Å². The lowest BCUT2D eigenvalue weighted by molar-refractivity contribution is -0.117. The van der Waals surface area contributed by atoms with Gasteiger partial charge in [0.1, 0.15) is 0 Å². The smallest absolute Gasteiger partial charge is 0.261 e. The first kappa shape index (κ1) is 17.3. The topological polar surface area (TPSA) is 58.2 Å². The Bertz CT molecular complexity index is 838. The molecule has 1 aromatic carbocycles. The number of carbonyl (C=O) groups excluding carboxylic acids is 2. The number of aryl methyl sites for hydroxylation is 1. The first-order chi connectivity index (χ1) is 12.6. The third kappa shape index (κ3) is 3.98. The van der Waals surface area contributed by atoms with Crippen LogP contribution >= 0.6 is 11.3 Å². The molecule has 0 radical (unpaired) electrons. The standard InChI is InChI=1S/C21H24N2O2S/c1-13-5-8-18-16(9-13)11-19(26-18)21(25)22-12-14-3-2-4-17(10-14)23-20(24)15-6-7-15/h2-4,10-11,13,15H,5-9,12H2,1H3,(H,22,25)(H,23,24). The van der Waals surface area contributed by atoms with Crippen LogP contribution < -0.4 is 10.6 Å². The van der Waals surface area contributed by atoms with Gasteiger partial charge in [0.2, 0.25) is 5.91 Å². The minimum Gasteiger partial charge on any atom is -0.347 e. The van der Waals surface area contributed by atoms with Gasteiger partial charge >= 0.3 is 0 Å². The largest absolute Gasteiger partial charge is 0.347 e. The quantitative estimate of drug-likeness (QED) is 0.833. The molecule has 2 amide bonds. The molecular formula is C21H24N2O2S. The second kappa shape index (κ2) is 7.23. The van der Waals surface area contributed by atoms with Crippen LogP contribution in [0, 0.1) is 11.8 Å². The first-order valence-corrected chi connectivity index (χ1v) is 10.2. The molecule has 0 saturated heterocycles. The lowest BCUT2D eigenvalue weighted by Gasteiger charge is -2.16. The van der Waals surface area contributed by atoms with Crippen molar-refractivity contribution in [3.05, 3.63) is 51.2 Å². The van der Waals surface area contributed by atoms with Crippen LogP contribution in [0.15, 0.2) is 30.3 Å². The number of amides is 2. The number of carbonyl (C=O) groups is 2. The molecule has 0 bridgehead atoms. The van der Waals surface area contributed by atoms with Crippen LogP contribution in [0.2, 0.25) is 0 Å². The summed E-state index contributed by atoms with van der Waals surface area (Å²) in [5, 5.41) is 5.96. The van der Waals surface area contributed by atoms with Crippen LogP contribution in [-0.2, 0) is 24.2 Å². The van der Waals surface area contributed by atoms with Crippen molar-refractivity contribution >= 4 is 28.8 Å². The van der Waals surface area contributed by atoms with E-state index in [-0.39, 0.29) is 17.7 Å². The normalized spacial score (nSPS) is 18.9. The number of hydrogen-bond acceptors (Lipinski definition) is 3. The van der Waals surface area contributed by atoms with Gasteiger partial charge in [0.05, 0.1) is 4.88 Å². The van der Waals surface area contributed by atoms with E-state index in [0.29, 0.717) is 12.5 Å². The number of nitrogens with one attached hydrogen (secondary N) is 2.